The third-order valence-electron chi connectivity index (χ3n) is 5.16. The molecule has 5 rings (SSSR count). The number of hydrogen-bond donors (Lipinski definition) is 0. The number of piperazine rings is 1. The summed E-state index contributed by atoms with van der Waals surface area (Å²) in [5, 5.41) is 8.40. The zero-order chi connectivity index (χ0) is 19.6. The van der Waals surface area contributed by atoms with E-state index in [0.29, 0.717) is 12.1 Å². The van der Waals surface area contributed by atoms with Gasteiger partial charge in [-0.05, 0) is 23.6 Å². The van der Waals surface area contributed by atoms with Crippen LogP contribution in [0.15, 0.2) is 65.0 Å². The fraction of sp³-hybridized carbons (Fsp3) is 0.238. The fourth-order valence-electron chi connectivity index (χ4n) is 3.66. The maximum Gasteiger partial charge on any atom is 0.275 e. The zero-order valence-electron chi connectivity index (χ0n) is 15.8. The lowest BCUT2D eigenvalue weighted by Crippen LogP contribution is -2.48. The van der Waals surface area contributed by atoms with Crippen molar-refractivity contribution in [2.75, 3.05) is 31.1 Å². The molecule has 0 aliphatic carbocycles. The molecule has 7 nitrogen and oxygen atoms in total. The van der Waals surface area contributed by atoms with E-state index in [2.05, 4.69) is 19.8 Å². The first-order valence-electron chi connectivity index (χ1n) is 9.58. The van der Waals surface area contributed by atoms with E-state index in [1.807, 2.05) is 47.8 Å². The first-order chi connectivity index (χ1) is 14.3. The van der Waals surface area contributed by atoms with E-state index < -0.39 is 0 Å². The highest BCUT2D eigenvalue weighted by atomic mass is 32.1. The molecule has 1 aromatic carbocycles. The standard InChI is InChI=1S/C21H20N6OS/c28-20-17-6-2-1-5-16(17)19(18-7-3-14-29-18)24-27(20)15-25-10-12-26(13-11-25)21-22-8-4-9-23-21/h1-9,14H,10-13,15H2. The Kier molecular flexibility index (Phi) is 4.79. The van der Waals surface area contributed by atoms with Crippen LogP contribution in [-0.4, -0.2) is 50.8 Å². The molecule has 0 atom stereocenters. The Balaban J connectivity index is 1.41. The minimum Gasteiger partial charge on any atom is -0.338 e. The second-order valence-electron chi connectivity index (χ2n) is 6.97. The van der Waals surface area contributed by atoms with Crippen LogP contribution in [0.1, 0.15) is 0 Å². The quantitative estimate of drug-likeness (QED) is 0.521. The fourth-order valence-corrected chi connectivity index (χ4v) is 4.38. The summed E-state index contributed by atoms with van der Waals surface area (Å²) in [6.45, 7) is 3.78. The maximum atomic E-state index is 13.1. The van der Waals surface area contributed by atoms with Crippen molar-refractivity contribution in [2.24, 2.45) is 0 Å². The maximum absolute atomic E-state index is 13.1. The number of hydrogen-bond acceptors (Lipinski definition) is 7. The van der Waals surface area contributed by atoms with Gasteiger partial charge in [-0.15, -0.1) is 11.3 Å². The monoisotopic (exact) mass is 404 g/mol. The van der Waals surface area contributed by atoms with Crippen LogP contribution in [0.4, 0.5) is 5.95 Å². The SMILES string of the molecule is O=c1c2ccccc2c(-c2cccs2)nn1CN1CCN(c2ncccn2)CC1. The topological polar surface area (TPSA) is 67.2 Å². The Bertz CT molecular complexity index is 1170. The van der Waals surface area contributed by atoms with Gasteiger partial charge in [0.15, 0.2) is 0 Å². The molecule has 3 aromatic heterocycles. The van der Waals surface area contributed by atoms with Crippen molar-refractivity contribution in [1.29, 1.82) is 0 Å². The number of anilines is 1. The van der Waals surface area contributed by atoms with Gasteiger partial charge in [0.1, 0.15) is 5.69 Å². The van der Waals surface area contributed by atoms with Crippen LogP contribution in [0, 0.1) is 0 Å². The summed E-state index contributed by atoms with van der Waals surface area (Å²) in [5.74, 6) is 0.758. The number of nitrogens with zero attached hydrogens (tertiary/aromatic N) is 6. The average molecular weight is 404 g/mol. The van der Waals surface area contributed by atoms with Gasteiger partial charge in [-0.3, -0.25) is 9.69 Å². The minimum absolute atomic E-state index is 0.0465. The molecule has 8 heteroatoms. The highest BCUT2D eigenvalue weighted by Crippen LogP contribution is 2.28. The van der Waals surface area contributed by atoms with Crippen molar-refractivity contribution < 1.29 is 0 Å². The first kappa shape index (κ1) is 18.0. The average Bonchev–Trinajstić information content (AvgIpc) is 3.32. The van der Waals surface area contributed by atoms with Gasteiger partial charge in [-0.2, -0.15) is 5.10 Å². The molecular weight excluding hydrogens is 384 g/mol. The van der Waals surface area contributed by atoms with E-state index in [-0.39, 0.29) is 5.56 Å². The third kappa shape index (κ3) is 3.52. The molecule has 1 aliphatic rings. The van der Waals surface area contributed by atoms with Gasteiger partial charge in [0.25, 0.3) is 5.56 Å². The van der Waals surface area contributed by atoms with Crippen LogP contribution in [0.3, 0.4) is 0 Å². The van der Waals surface area contributed by atoms with Crippen LogP contribution in [0.2, 0.25) is 0 Å². The summed E-state index contributed by atoms with van der Waals surface area (Å²) in [7, 11) is 0. The highest BCUT2D eigenvalue weighted by molar-refractivity contribution is 7.13. The summed E-state index contributed by atoms with van der Waals surface area (Å²) >= 11 is 1.64. The molecule has 0 radical (unpaired) electrons. The molecule has 29 heavy (non-hydrogen) atoms. The lowest BCUT2D eigenvalue weighted by Gasteiger charge is -2.34. The molecule has 0 unspecified atom stereocenters. The van der Waals surface area contributed by atoms with Crippen LogP contribution in [-0.2, 0) is 6.67 Å². The van der Waals surface area contributed by atoms with Crippen LogP contribution in [0.5, 0.6) is 0 Å². The highest BCUT2D eigenvalue weighted by Gasteiger charge is 2.20. The van der Waals surface area contributed by atoms with Gasteiger partial charge in [-0.25, -0.2) is 14.6 Å². The second kappa shape index (κ2) is 7.73. The largest absolute Gasteiger partial charge is 0.338 e. The lowest BCUT2D eigenvalue weighted by molar-refractivity contribution is 0.191. The minimum atomic E-state index is -0.0465. The first-order valence-corrected chi connectivity index (χ1v) is 10.5. The number of rotatable bonds is 4. The van der Waals surface area contributed by atoms with E-state index in [9.17, 15) is 4.79 Å². The van der Waals surface area contributed by atoms with Gasteiger partial charge in [0.05, 0.1) is 16.9 Å². The molecule has 4 aromatic rings. The molecule has 0 N–H and O–H groups in total. The van der Waals surface area contributed by atoms with Crippen molar-refractivity contribution in [2.45, 2.75) is 6.67 Å². The van der Waals surface area contributed by atoms with E-state index in [4.69, 9.17) is 5.10 Å². The van der Waals surface area contributed by atoms with Crippen molar-refractivity contribution in [1.82, 2.24) is 24.6 Å². The number of benzene rings is 1. The third-order valence-corrected chi connectivity index (χ3v) is 6.04. The predicted molar refractivity (Wildman–Crippen MR) is 115 cm³/mol. The smallest absolute Gasteiger partial charge is 0.275 e. The summed E-state index contributed by atoms with van der Waals surface area (Å²) in [6, 6.07) is 13.6. The zero-order valence-corrected chi connectivity index (χ0v) is 16.6. The molecule has 0 amide bonds. The van der Waals surface area contributed by atoms with Gasteiger partial charge in [-0.1, -0.05) is 24.3 Å². The number of thiophene rings is 1. The Labute approximate surface area is 171 Å². The van der Waals surface area contributed by atoms with Gasteiger partial charge in [0.2, 0.25) is 5.95 Å². The summed E-state index contributed by atoms with van der Waals surface area (Å²) in [5.41, 5.74) is 0.821. The summed E-state index contributed by atoms with van der Waals surface area (Å²) in [6.07, 6.45) is 3.53. The number of fused-ring (bicyclic) bond motifs is 1. The Morgan fingerprint density at radius 1 is 0.897 bits per heavy atom. The Hall–Kier alpha value is -3.10. The van der Waals surface area contributed by atoms with Crippen LogP contribution < -0.4 is 10.5 Å². The van der Waals surface area contributed by atoms with Gasteiger partial charge in [0, 0.05) is 44.0 Å². The predicted octanol–water partition coefficient (Wildman–Crippen LogP) is 2.69. The molecule has 1 saturated heterocycles. The van der Waals surface area contributed by atoms with Crippen molar-refractivity contribution in [3.63, 3.8) is 0 Å². The van der Waals surface area contributed by atoms with E-state index >= 15 is 0 Å². The van der Waals surface area contributed by atoms with E-state index in [1.165, 1.54) is 0 Å². The molecule has 0 saturated carbocycles. The molecular formula is C21H20N6OS. The molecule has 0 bridgehead atoms. The molecule has 1 aliphatic heterocycles. The number of aromatic nitrogens is 4. The van der Waals surface area contributed by atoms with E-state index in [0.717, 1.165) is 48.1 Å². The molecule has 1 fully saturated rings. The van der Waals surface area contributed by atoms with Crippen LogP contribution in [0.25, 0.3) is 21.3 Å². The molecule has 0 spiro atoms. The van der Waals surface area contributed by atoms with Crippen molar-refractivity contribution >= 4 is 28.1 Å². The van der Waals surface area contributed by atoms with Crippen molar-refractivity contribution in [3.05, 3.63) is 70.6 Å². The van der Waals surface area contributed by atoms with E-state index in [1.54, 1.807) is 28.4 Å². The summed E-state index contributed by atoms with van der Waals surface area (Å²) in [4.78, 5) is 27.2. The Morgan fingerprint density at radius 3 is 2.38 bits per heavy atom. The summed E-state index contributed by atoms with van der Waals surface area (Å²) < 4.78 is 1.60. The Morgan fingerprint density at radius 2 is 1.66 bits per heavy atom. The molecule has 146 valence electrons. The normalized spacial score (nSPS) is 15.1. The molecule has 4 heterocycles. The van der Waals surface area contributed by atoms with Gasteiger partial charge >= 0.3 is 0 Å². The lowest BCUT2D eigenvalue weighted by atomic mass is 10.1. The van der Waals surface area contributed by atoms with Crippen LogP contribution >= 0.6 is 11.3 Å². The van der Waals surface area contributed by atoms with Crippen molar-refractivity contribution in [3.8, 4) is 10.6 Å². The second-order valence-corrected chi connectivity index (χ2v) is 7.92. The van der Waals surface area contributed by atoms with Gasteiger partial charge < -0.3 is 4.90 Å².